The maximum absolute atomic E-state index is 9.00. The molecule has 3 aliphatic carbocycles. The Morgan fingerprint density at radius 3 is 2.87 bits per heavy atom. The van der Waals surface area contributed by atoms with Crippen LogP contribution in [0.3, 0.4) is 0 Å². The second kappa shape index (κ2) is 3.38. The Hall–Kier alpha value is -1.29. The van der Waals surface area contributed by atoms with Crippen LogP contribution in [0.1, 0.15) is 38.5 Å². The SMILES string of the molecule is N#CC1CC2=C(C1)C1=C(CCC=C1)CC2. The van der Waals surface area contributed by atoms with Crippen molar-refractivity contribution in [2.24, 2.45) is 5.92 Å². The molecule has 15 heavy (non-hydrogen) atoms. The molecule has 0 aromatic rings. The van der Waals surface area contributed by atoms with Gasteiger partial charge in [0.05, 0.1) is 12.0 Å². The molecule has 0 aliphatic heterocycles. The minimum atomic E-state index is 0.261. The van der Waals surface area contributed by atoms with Crippen molar-refractivity contribution in [3.05, 3.63) is 34.4 Å². The van der Waals surface area contributed by atoms with Gasteiger partial charge >= 0.3 is 0 Å². The van der Waals surface area contributed by atoms with Gasteiger partial charge in [-0.05, 0) is 49.7 Å². The summed E-state index contributed by atoms with van der Waals surface area (Å²) in [5.41, 5.74) is 6.25. The van der Waals surface area contributed by atoms with Crippen molar-refractivity contribution >= 4 is 0 Å². The standard InChI is InChI=1S/C14H15N/c15-9-10-7-12-6-5-11-3-1-2-4-13(11)14(12)8-10/h2,4,10H,1,3,5-8H2. The summed E-state index contributed by atoms with van der Waals surface area (Å²) < 4.78 is 0. The molecular formula is C14H15N. The van der Waals surface area contributed by atoms with E-state index < -0.39 is 0 Å². The minimum Gasteiger partial charge on any atom is -0.198 e. The summed E-state index contributed by atoms with van der Waals surface area (Å²) in [5.74, 6) is 0.261. The fraction of sp³-hybridized carbons (Fsp3) is 0.500. The Bertz CT molecular complexity index is 429. The normalized spacial score (nSPS) is 28.9. The highest BCUT2D eigenvalue weighted by molar-refractivity contribution is 5.52. The number of allylic oxidation sites excluding steroid dienone is 6. The molecule has 0 aromatic carbocycles. The summed E-state index contributed by atoms with van der Waals surface area (Å²) in [6.07, 6.45) is 11.6. The molecule has 0 radical (unpaired) electrons. The zero-order chi connectivity index (χ0) is 10.3. The third-order valence-electron chi connectivity index (χ3n) is 3.88. The van der Waals surface area contributed by atoms with Gasteiger partial charge in [-0.3, -0.25) is 0 Å². The Labute approximate surface area is 90.8 Å². The molecule has 3 rings (SSSR count). The number of nitrogens with zero attached hydrogens (tertiary/aromatic N) is 1. The van der Waals surface area contributed by atoms with E-state index in [1.165, 1.54) is 36.8 Å². The molecule has 0 amide bonds. The largest absolute Gasteiger partial charge is 0.198 e. The molecular weight excluding hydrogens is 182 g/mol. The Morgan fingerprint density at radius 2 is 2.00 bits per heavy atom. The predicted molar refractivity (Wildman–Crippen MR) is 60.0 cm³/mol. The lowest BCUT2D eigenvalue weighted by molar-refractivity contribution is 0.701. The van der Waals surface area contributed by atoms with Crippen molar-refractivity contribution in [1.82, 2.24) is 0 Å². The van der Waals surface area contributed by atoms with Crippen LogP contribution < -0.4 is 0 Å². The average Bonchev–Trinajstić information content (AvgIpc) is 2.72. The third-order valence-corrected chi connectivity index (χ3v) is 3.88. The van der Waals surface area contributed by atoms with Crippen LogP contribution in [0, 0.1) is 17.2 Å². The molecule has 0 N–H and O–H groups in total. The lowest BCUT2D eigenvalue weighted by Gasteiger charge is -2.23. The second-order valence-electron chi connectivity index (χ2n) is 4.77. The average molecular weight is 197 g/mol. The van der Waals surface area contributed by atoms with Crippen LogP contribution in [0.15, 0.2) is 34.4 Å². The first-order valence-corrected chi connectivity index (χ1v) is 5.88. The number of hydrogen-bond acceptors (Lipinski definition) is 1. The van der Waals surface area contributed by atoms with Crippen LogP contribution in [-0.2, 0) is 0 Å². The highest BCUT2D eigenvalue weighted by atomic mass is 14.4. The summed E-state index contributed by atoms with van der Waals surface area (Å²) >= 11 is 0. The van der Waals surface area contributed by atoms with Gasteiger partial charge in [0.25, 0.3) is 0 Å². The van der Waals surface area contributed by atoms with Crippen LogP contribution >= 0.6 is 0 Å². The summed E-state index contributed by atoms with van der Waals surface area (Å²) in [6, 6.07) is 2.43. The van der Waals surface area contributed by atoms with Crippen molar-refractivity contribution in [3.8, 4) is 6.07 Å². The van der Waals surface area contributed by atoms with E-state index in [1.54, 1.807) is 11.1 Å². The predicted octanol–water partition coefficient (Wildman–Crippen LogP) is 3.66. The summed E-state index contributed by atoms with van der Waals surface area (Å²) in [4.78, 5) is 0. The van der Waals surface area contributed by atoms with Crippen LogP contribution in [0.2, 0.25) is 0 Å². The smallest absolute Gasteiger partial charge is 0.0662 e. The molecule has 0 saturated heterocycles. The lowest BCUT2D eigenvalue weighted by Crippen LogP contribution is -2.04. The monoisotopic (exact) mass is 197 g/mol. The molecule has 0 bridgehead atoms. The van der Waals surface area contributed by atoms with Crippen molar-refractivity contribution in [2.75, 3.05) is 0 Å². The van der Waals surface area contributed by atoms with Gasteiger partial charge in [0.15, 0.2) is 0 Å². The number of rotatable bonds is 0. The molecule has 1 heteroatoms. The molecule has 0 fully saturated rings. The van der Waals surface area contributed by atoms with E-state index in [4.69, 9.17) is 5.26 Å². The number of fused-ring (bicyclic) bond motifs is 1. The van der Waals surface area contributed by atoms with Gasteiger partial charge in [-0.2, -0.15) is 5.26 Å². The van der Waals surface area contributed by atoms with Crippen molar-refractivity contribution < 1.29 is 0 Å². The topological polar surface area (TPSA) is 23.8 Å². The fourth-order valence-electron chi connectivity index (χ4n) is 3.11. The fourth-order valence-corrected chi connectivity index (χ4v) is 3.11. The maximum atomic E-state index is 9.00. The van der Waals surface area contributed by atoms with E-state index in [1.807, 2.05) is 0 Å². The lowest BCUT2D eigenvalue weighted by atomic mass is 9.82. The second-order valence-corrected chi connectivity index (χ2v) is 4.77. The van der Waals surface area contributed by atoms with Gasteiger partial charge in [-0.15, -0.1) is 0 Å². The van der Waals surface area contributed by atoms with Crippen LogP contribution in [0.5, 0.6) is 0 Å². The van der Waals surface area contributed by atoms with E-state index in [0.717, 1.165) is 12.8 Å². The van der Waals surface area contributed by atoms with Gasteiger partial charge in [-0.1, -0.05) is 23.3 Å². The molecule has 3 aliphatic rings. The molecule has 76 valence electrons. The Kier molecular flexibility index (Phi) is 2.02. The molecule has 1 nitrogen and oxygen atoms in total. The highest BCUT2D eigenvalue weighted by Gasteiger charge is 2.29. The van der Waals surface area contributed by atoms with Gasteiger partial charge in [0, 0.05) is 0 Å². The van der Waals surface area contributed by atoms with E-state index in [9.17, 15) is 0 Å². The molecule has 0 spiro atoms. The molecule has 0 aromatic heterocycles. The van der Waals surface area contributed by atoms with Gasteiger partial charge in [0.1, 0.15) is 0 Å². The zero-order valence-corrected chi connectivity index (χ0v) is 8.92. The Morgan fingerprint density at radius 1 is 1.13 bits per heavy atom. The third kappa shape index (κ3) is 1.36. The zero-order valence-electron chi connectivity index (χ0n) is 8.92. The first kappa shape index (κ1) is 8.97. The van der Waals surface area contributed by atoms with Crippen molar-refractivity contribution in [1.29, 1.82) is 5.26 Å². The van der Waals surface area contributed by atoms with Crippen molar-refractivity contribution in [3.63, 3.8) is 0 Å². The summed E-state index contributed by atoms with van der Waals surface area (Å²) in [7, 11) is 0. The van der Waals surface area contributed by atoms with Crippen LogP contribution in [0.4, 0.5) is 0 Å². The van der Waals surface area contributed by atoms with E-state index in [-0.39, 0.29) is 5.92 Å². The molecule has 1 unspecified atom stereocenters. The van der Waals surface area contributed by atoms with Crippen LogP contribution in [0.25, 0.3) is 0 Å². The van der Waals surface area contributed by atoms with Gasteiger partial charge in [0.2, 0.25) is 0 Å². The first-order chi connectivity index (χ1) is 7.38. The number of hydrogen-bond donors (Lipinski definition) is 0. The summed E-state index contributed by atoms with van der Waals surface area (Å²) in [6.45, 7) is 0. The van der Waals surface area contributed by atoms with Crippen molar-refractivity contribution in [2.45, 2.75) is 38.5 Å². The molecule has 1 atom stereocenters. The summed E-state index contributed by atoms with van der Waals surface area (Å²) in [5, 5.41) is 9.00. The highest BCUT2D eigenvalue weighted by Crippen LogP contribution is 2.45. The van der Waals surface area contributed by atoms with E-state index in [0.29, 0.717) is 0 Å². The molecule has 0 heterocycles. The van der Waals surface area contributed by atoms with E-state index >= 15 is 0 Å². The minimum absolute atomic E-state index is 0.261. The first-order valence-electron chi connectivity index (χ1n) is 5.88. The van der Waals surface area contributed by atoms with E-state index in [2.05, 4.69) is 18.2 Å². The maximum Gasteiger partial charge on any atom is 0.0662 e. The van der Waals surface area contributed by atoms with Crippen LogP contribution in [-0.4, -0.2) is 0 Å². The van der Waals surface area contributed by atoms with Gasteiger partial charge < -0.3 is 0 Å². The quantitative estimate of drug-likeness (QED) is 0.581. The molecule has 0 saturated carbocycles. The number of nitriles is 1. The van der Waals surface area contributed by atoms with Gasteiger partial charge in [-0.25, -0.2) is 0 Å². The Balaban J connectivity index is 1.98.